The molecule has 1 aliphatic rings. The zero-order valence-corrected chi connectivity index (χ0v) is 21.1. The van der Waals surface area contributed by atoms with Crippen molar-refractivity contribution in [3.63, 3.8) is 0 Å². The Morgan fingerprint density at radius 1 is 0.919 bits per heavy atom. The van der Waals surface area contributed by atoms with Crippen molar-refractivity contribution in [3.8, 4) is 28.6 Å². The van der Waals surface area contributed by atoms with Crippen LogP contribution in [0.1, 0.15) is 62.4 Å². The second kappa shape index (κ2) is 10.9. The fourth-order valence-corrected chi connectivity index (χ4v) is 4.93. The van der Waals surface area contributed by atoms with Gasteiger partial charge in [-0.25, -0.2) is 9.78 Å². The topological polar surface area (TPSA) is 79.7 Å². The molecule has 1 aromatic heterocycles. The summed E-state index contributed by atoms with van der Waals surface area (Å²) in [5.74, 6) is 1.84. The van der Waals surface area contributed by atoms with E-state index in [9.17, 15) is 9.59 Å². The lowest BCUT2D eigenvalue weighted by Crippen LogP contribution is -2.14. The van der Waals surface area contributed by atoms with Gasteiger partial charge in [0.1, 0.15) is 23.1 Å². The van der Waals surface area contributed by atoms with E-state index in [2.05, 4.69) is 4.57 Å². The minimum atomic E-state index is -0.378. The van der Waals surface area contributed by atoms with Gasteiger partial charge in [0.2, 0.25) is 0 Å². The van der Waals surface area contributed by atoms with Gasteiger partial charge >= 0.3 is 11.9 Å². The number of fused-ring (bicyclic) bond motifs is 1. The quantitative estimate of drug-likeness (QED) is 0.200. The first kappa shape index (κ1) is 24.6. The summed E-state index contributed by atoms with van der Waals surface area (Å²) >= 11 is 0. The summed E-state index contributed by atoms with van der Waals surface area (Å²) in [5.41, 5.74) is 3.29. The average molecular weight is 499 g/mol. The van der Waals surface area contributed by atoms with Crippen LogP contribution in [0.4, 0.5) is 0 Å². The maximum Gasteiger partial charge on any atom is 0.338 e. The van der Waals surface area contributed by atoms with Gasteiger partial charge in [0, 0.05) is 24.6 Å². The minimum absolute atomic E-state index is 0.334. The second-order valence-electron chi connectivity index (χ2n) is 9.22. The molecule has 0 atom stereocenters. The highest BCUT2D eigenvalue weighted by Crippen LogP contribution is 2.37. The molecule has 7 heteroatoms. The number of imidazole rings is 1. The van der Waals surface area contributed by atoms with Crippen LogP contribution in [0, 0.1) is 0 Å². The maximum atomic E-state index is 12.3. The maximum absolute atomic E-state index is 12.3. The van der Waals surface area contributed by atoms with Crippen molar-refractivity contribution >= 4 is 23.0 Å². The Labute approximate surface area is 216 Å². The smallest absolute Gasteiger partial charge is 0.338 e. The summed E-state index contributed by atoms with van der Waals surface area (Å²) < 4.78 is 18.7. The largest absolute Gasteiger partial charge is 0.462 e. The molecule has 0 bridgehead atoms. The van der Waals surface area contributed by atoms with Gasteiger partial charge in [-0.05, 0) is 74.4 Å². The van der Waals surface area contributed by atoms with Gasteiger partial charge in [-0.15, -0.1) is 0 Å². The van der Waals surface area contributed by atoms with Crippen LogP contribution >= 0.6 is 0 Å². The number of hydrogen-bond donors (Lipinski definition) is 0. The first-order chi connectivity index (χ1) is 18.0. The minimum Gasteiger partial charge on any atom is -0.462 e. The van der Waals surface area contributed by atoms with Gasteiger partial charge in [-0.2, -0.15) is 0 Å². The number of esters is 2. The first-order valence-corrected chi connectivity index (χ1v) is 12.8. The van der Waals surface area contributed by atoms with Crippen LogP contribution in [0.25, 0.3) is 22.4 Å². The lowest BCUT2D eigenvalue weighted by atomic mass is 9.95. The van der Waals surface area contributed by atoms with E-state index in [-0.39, 0.29) is 11.9 Å². The molecular weight excluding hydrogens is 468 g/mol. The summed E-state index contributed by atoms with van der Waals surface area (Å²) in [6.45, 7) is 3.50. The van der Waals surface area contributed by atoms with Crippen LogP contribution in [-0.4, -0.2) is 28.1 Å². The van der Waals surface area contributed by atoms with Crippen molar-refractivity contribution in [2.75, 3.05) is 6.61 Å². The summed E-state index contributed by atoms with van der Waals surface area (Å²) in [4.78, 5) is 28.5. The number of carbonyl (C=O) groups is 2. The van der Waals surface area contributed by atoms with Crippen molar-refractivity contribution in [1.82, 2.24) is 9.55 Å². The zero-order valence-electron chi connectivity index (χ0n) is 21.1. The van der Waals surface area contributed by atoms with Crippen LogP contribution in [0.2, 0.25) is 0 Å². The van der Waals surface area contributed by atoms with E-state index < -0.39 is 0 Å². The van der Waals surface area contributed by atoms with E-state index in [4.69, 9.17) is 19.2 Å². The Bertz CT molecular complexity index is 1420. The number of carbonyl (C=O) groups excluding carboxylic acids is 2. The summed E-state index contributed by atoms with van der Waals surface area (Å²) in [6.07, 6.45) is 5.87. The third kappa shape index (κ3) is 5.50. The molecule has 4 aromatic rings. The molecule has 0 N–H and O–H groups in total. The van der Waals surface area contributed by atoms with Gasteiger partial charge in [-0.1, -0.05) is 25.3 Å². The molecule has 7 nitrogen and oxygen atoms in total. The number of benzene rings is 3. The fourth-order valence-electron chi connectivity index (χ4n) is 4.93. The van der Waals surface area contributed by atoms with Crippen molar-refractivity contribution in [2.24, 2.45) is 0 Å². The van der Waals surface area contributed by atoms with Crippen molar-refractivity contribution in [3.05, 3.63) is 72.3 Å². The van der Waals surface area contributed by atoms with Gasteiger partial charge in [0.15, 0.2) is 0 Å². The molecule has 190 valence electrons. The molecule has 1 aliphatic carbocycles. The molecule has 37 heavy (non-hydrogen) atoms. The van der Waals surface area contributed by atoms with Gasteiger partial charge < -0.3 is 18.8 Å². The molecule has 0 saturated heterocycles. The van der Waals surface area contributed by atoms with Gasteiger partial charge in [0.25, 0.3) is 0 Å². The van der Waals surface area contributed by atoms with E-state index in [1.54, 1.807) is 25.1 Å². The summed E-state index contributed by atoms with van der Waals surface area (Å²) in [6, 6.07) is 20.8. The summed E-state index contributed by atoms with van der Waals surface area (Å²) in [7, 11) is 0. The molecule has 0 unspecified atom stereocenters. The van der Waals surface area contributed by atoms with Crippen LogP contribution < -0.4 is 9.47 Å². The zero-order chi connectivity index (χ0) is 25.8. The van der Waals surface area contributed by atoms with E-state index >= 15 is 0 Å². The number of rotatable bonds is 7. The van der Waals surface area contributed by atoms with E-state index in [1.165, 1.54) is 26.2 Å². The molecule has 1 saturated carbocycles. The summed E-state index contributed by atoms with van der Waals surface area (Å²) in [5, 5.41) is 0. The molecule has 0 aliphatic heterocycles. The predicted molar refractivity (Wildman–Crippen MR) is 141 cm³/mol. The molecule has 0 spiro atoms. The van der Waals surface area contributed by atoms with E-state index in [1.807, 2.05) is 48.5 Å². The van der Waals surface area contributed by atoms with Crippen LogP contribution in [0.15, 0.2) is 66.7 Å². The number of ether oxygens (including phenoxy) is 3. The third-order valence-corrected chi connectivity index (χ3v) is 6.56. The number of nitrogens with zero attached hydrogens (tertiary/aromatic N) is 2. The molecule has 1 heterocycles. The Balaban J connectivity index is 1.47. The van der Waals surface area contributed by atoms with Crippen molar-refractivity contribution < 1.29 is 23.8 Å². The second-order valence-corrected chi connectivity index (χ2v) is 9.22. The Morgan fingerprint density at radius 2 is 1.68 bits per heavy atom. The normalized spacial score (nSPS) is 13.9. The number of aromatic nitrogens is 2. The van der Waals surface area contributed by atoms with Crippen LogP contribution in [0.5, 0.6) is 17.2 Å². The fraction of sp³-hybridized carbons (Fsp3) is 0.300. The Kier molecular flexibility index (Phi) is 7.21. The standard InChI is InChI=1S/C30H30N2O5/c1-3-35-30(34)22-14-17-28-27(18-22)31-29(32(28)23-8-5-4-6-9-23)21-12-15-24(16-13-21)37-26-11-7-10-25(19-26)36-20(2)33/h7,10-19,23H,3-6,8-9H2,1-2H3. The Morgan fingerprint density at radius 3 is 2.41 bits per heavy atom. The third-order valence-electron chi connectivity index (χ3n) is 6.56. The Hall–Kier alpha value is -4.13. The highest BCUT2D eigenvalue weighted by molar-refractivity contribution is 5.94. The van der Waals surface area contributed by atoms with Crippen LogP contribution in [0.3, 0.4) is 0 Å². The number of hydrogen-bond acceptors (Lipinski definition) is 6. The molecule has 1 fully saturated rings. The first-order valence-electron chi connectivity index (χ1n) is 12.8. The van der Waals surface area contributed by atoms with Crippen molar-refractivity contribution in [2.45, 2.75) is 52.0 Å². The average Bonchev–Trinajstić information content (AvgIpc) is 3.28. The highest BCUT2D eigenvalue weighted by Gasteiger charge is 2.23. The van der Waals surface area contributed by atoms with Gasteiger partial charge in [-0.3, -0.25) is 4.79 Å². The lowest BCUT2D eigenvalue weighted by molar-refractivity contribution is -0.131. The molecule has 5 rings (SSSR count). The van der Waals surface area contributed by atoms with E-state index in [0.717, 1.165) is 35.3 Å². The predicted octanol–water partition coefficient (Wildman–Crippen LogP) is 7.10. The molecule has 0 amide bonds. The lowest BCUT2D eigenvalue weighted by Gasteiger charge is -2.25. The molecule has 3 aromatic carbocycles. The SMILES string of the molecule is CCOC(=O)c1ccc2c(c1)nc(-c1ccc(Oc3cccc(OC(C)=O)c3)cc1)n2C1CCCCC1. The van der Waals surface area contributed by atoms with Crippen LogP contribution in [-0.2, 0) is 9.53 Å². The highest BCUT2D eigenvalue weighted by atomic mass is 16.5. The molecule has 0 radical (unpaired) electrons. The molecular formula is C30H30N2O5. The monoisotopic (exact) mass is 498 g/mol. The van der Waals surface area contributed by atoms with E-state index in [0.29, 0.717) is 35.5 Å². The van der Waals surface area contributed by atoms with Gasteiger partial charge in [0.05, 0.1) is 23.2 Å². The van der Waals surface area contributed by atoms with Crippen molar-refractivity contribution in [1.29, 1.82) is 0 Å².